The van der Waals surface area contributed by atoms with Gasteiger partial charge in [-0.2, -0.15) is 0 Å². The van der Waals surface area contributed by atoms with Crippen molar-refractivity contribution in [1.29, 1.82) is 0 Å². The van der Waals surface area contributed by atoms with E-state index < -0.39 is 5.97 Å². The third-order valence-electron chi connectivity index (χ3n) is 5.28. The van der Waals surface area contributed by atoms with E-state index in [0.29, 0.717) is 48.9 Å². The van der Waals surface area contributed by atoms with E-state index >= 15 is 0 Å². The molecule has 2 aromatic carbocycles. The molecule has 0 aliphatic heterocycles. The zero-order chi connectivity index (χ0) is 27.9. The number of hydrogen-bond donors (Lipinski definition) is 1. The highest BCUT2D eigenvalue weighted by atomic mass is 35.5. The standard InChI is InChI=1S/C26H21Cl3N4O4S2/c1-3-10-33-21(12-37-20-9-8-17(28)11-19(20)29)31-32-26(33)39-14-22(34)30-24-23(25(35)36-2)18(13-38-24)15-4-6-16(27)7-5-15/h3-9,11,13H,1,10,12,14H2,2H3,(H,30,34). The van der Waals surface area contributed by atoms with Crippen molar-refractivity contribution in [3.63, 3.8) is 0 Å². The molecule has 0 saturated carbocycles. The minimum atomic E-state index is -0.555. The van der Waals surface area contributed by atoms with Crippen molar-refractivity contribution in [2.24, 2.45) is 0 Å². The molecule has 0 aliphatic rings. The van der Waals surface area contributed by atoms with E-state index in [1.165, 1.54) is 30.2 Å². The number of thioether (sulfide) groups is 1. The van der Waals surface area contributed by atoms with Gasteiger partial charge in [0, 0.05) is 27.5 Å². The summed E-state index contributed by atoms with van der Waals surface area (Å²) in [6, 6.07) is 12.0. The molecule has 2 aromatic heterocycles. The predicted octanol–water partition coefficient (Wildman–Crippen LogP) is 7.25. The second-order valence-electron chi connectivity index (χ2n) is 7.85. The minimum Gasteiger partial charge on any atom is -0.484 e. The number of aromatic nitrogens is 3. The average molecular weight is 624 g/mol. The Bertz CT molecular complexity index is 1510. The van der Waals surface area contributed by atoms with Gasteiger partial charge in [0.2, 0.25) is 5.91 Å². The predicted molar refractivity (Wildman–Crippen MR) is 156 cm³/mol. The number of halogens is 3. The minimum absolute atomic E-state index is 0.0218. The van der Waals surface area contributed by atoms with Crippen LogP contribution in [0, 0.1) is 0 Å². The van der Waals surface area contributed by atoms with Gasteiger partial charge in [-0.3, -0.25) is 9.36 Å². The molecule has 4 aromatic rings. The molecule has 0 saturated heterocycles. The largest absolute Gasteiger partial charge is 0.484 e. The van der Waals surface area contributed by atoms with Crippen LogP contribution in [0.15, 0.2) is 65.7 Å². The van der Waals surface area contributed by atoms with Gasteiger partial charge >= 0.3 is 5.97 Å². The van der Waals surface area contributed by atoms with E-state index in [2.05, 4.69) is 22.1 Å². The first-order valence-corrected chi connectivity index (χ1v) is 14.3. The first kappa shape index (κ1) is 29.0. The van der Waals surface area contributed by atoms with E-state index in [0.717, 1.165) is 5.56 Å². The number of carbonyl (C=O) groups excluding carboxylic acids is 2. The Morgan fingerprint density at radius 3 is 2.56 bits per heavy atom. The highest BCUT2D eigenvalue weighted by Gasteiger charge is 2.23. The number of esters is 1. The van der Waals surface area contributed by atoms with Crippen LogP contribution in [0.3, 0.4) is 0 Å². The fourth-order valence-corrected chi connectivity index (χ4v) is 5.80. The molecule has 1 amide bonds. The van der Waals surface area contributed by atoms with Crippen LogP contribution in [0.1, 0.15) is 16.2 Å². The Morgan fingerprint density at radius 2 is 1.87 bits per heavy atom. The lowest BCUT2D eigenvalue weighted by atomic mass is 10.0. The highest BCUT2D eigenvalue weighted by Crippen LogP contribution is 2.37. The molecule has 202 valence electrons. The number of nitrogens with one attached hydrogen (secondary N) is 1. The maximum atomic E-state index is 12.9. The smallest absolute Gasteiger partial charge is 0.341 e. The van der Waals surface area contributed by atoms with Crippen LogP contribution < -0.4 is 10.1 Å². The molecule has 0 aliphatic carbocycles. The van der Waals surface area contributed by atoms with Crippen LogP contribution in [-0.2, 0) is 22.7 Å². The molecule has 0 bridgehead atoms. The third kappa shape index (κ3) is 7.14. The zero-order valence-electron chi connectivity index (χ0n) is 20.4. The molecule has 13 heteroatoms. The molecule has 0 unspecified atom stereocenters. The Morgan fingerprint density at radius 1 is 1.13 bits per heavy atom. The number of carbonyl (C=O) groups is 2. The Labute approximate surface area is 247 Å². The molecule has 1 N–H and O–H groups in total. The van der Waals surface area contributed by atoms with Crippen molar-refractivity contribution in [2.45, 2.75) is 18.3 Å². The monoisotopic (exact) mass is 622 g/mol. The topological polar surface area (TPSA) is 95.3 Å². The summed E-state index contributed by atoms with van der Waals surface area (Å²) in [5, 5.41) is 15.4. The number of methoxy groups -OCH3 is 1. The lowest BCUT2D eigenvalue weighted by Gasteiger charge is -2.10. The molecule has 0 atom stereocenters. The van der Waals surface area contributed by atoms with Crippen molar-refractivity contribution < 1.29 is 19.1 Å². The van der Waals surface area contributed by atoms with Crippen LogP contribution in [0.25, 0.3) is 11.1 Å². The maximum absolute atomic E-state index is 12.9. The molecular weight excluding hydrogens is 603 g/mol. The van der Waals surface area contributed by atoms with E-state index in [1.54, 1.807) is 58.5 Å². The van der Waals surface area contributed by atoms with Crippen LogP contribution in [0.5, 0.6) is 5.75 Å². The van der Waals surface area contributed by atoms with Crippen LogP contribution in [0.4, 0.5) is 5.00 Å². The van der Waals surface area contributed by atoms with Gasteiger partial charge < -0.3 is 14.8 Å². The van der Waals surface area contributed by atoms with Gasteiger partial charge in [0.1, 0.15) is 22.9 Å². The number of thiophene rings is 1. The fourth-order valence-electron chi connectivity index (χ4n) is 3.47. The summed E-state index contributed by atoms with van der Waals surface area (Å²) in [6.45, 7) is 4.29. The normalized spacial score (nSPS) is 10.8. The molecule has 4 rings (SSSR count). The second-order valence-corrected chi connectivity index (χ2v) is 11.0. The molecule has 2 heterocycles. The van der Waals surface area contributed by atoms with Crippen molar-refractivity contribution in [1.82, 2.24) is 14.8 Å². The number of rotatable bonds is 11. The van der Waals surface area contributed by atoms with Gasteiger partial charge in [0.15, 0.2) is 11.0 Å². The van der Waals surface area contributed by atoms with Crippen LogP contribution in [0.2, 0.25) is 15.1 Å². The maximum Gasteiger partial charge on any atom is 0.341 e. The quantitative estimate of drug-likeness (QED) is 0.107. The van der Waals surface area contributed by atoms with Crippen molar-refractivity contribution in [3.8, 4) is 16.9 Å². The van der Waals surface area contributed by atoms with Crippen LogP contribution >= 0.6 is 57.9 Å². The van der Waals surface area contributed by atoms with Crippen LogP contribution in [-0.4, -0.2) is 39.5 Å². The van der Waals surface area contributed by atoms with E-state index in [-0.39, 0.29) is 23.8 Å². The molecule has 0 radical (unpaired) electrons. The van der Waals surface area contributed by atoms with Crippen molar-refractivity contribution in [3.05, 3.63) is 87.0 Å². The number of amides is 1. The summed E-state index contributed by atoms with van der Waals surface area (Å²) < 4.78 is 12.6. The van der Waals surface area contributed by atoms with Gasteiger partial charge in [-0.15, -0.1) is 28.1 Å². The number of anilines is 1. The lowest BCUT2D eigenvalue weighted by Crippen LogP contribution is -2.16. The van der Waals surface area contributed by atoms with E-state index in [4.69, 9.17) is 44.3 Å². The summed E-state index contributed by atoms with van der Waals surface area (Å²) in [7, 11) is 1.29. The van der Waals surface area contributed by atoms with Gasteiger partial charge in [-0.05, 0) is 35.9 Å². The lowest BCUT2D eigenvalue weighted by molar-refractivity contribution is -0.113. The Balaban J connectivity index is 1.45. The van der Waals surface area contributed by atoms with Gasteiger partial charge in [0.05, 0.1) is 17.9 Å². The van der Waals surface area contributed by atoms with Gasteiger partial charge in [-0.1, -0.05) is 64.8 Å². The fraction of sp³-hybridized carbons (Fsp3) is 0.154. The summed E-state index contributed by atoms with van der Waals surface area (Å²) in [6.07, 6.45) is 1.69. The molecule has 8 nitrogen and oxygen atoms in total. The molecule has 39 heavy (non-hydrogen) atoms. The average Bonchev–Trinajstić information content (AvgIpc) is 3.51. The summed E-state index contributed by atoms with van der Waals surface area (Å²) in [4.78, 5) is 25.5. The van der Waals surface area contributed by atoms with Crippen molar-refractivity contribution in [2.75, 3.05) is 18.2 Å². The van der Waals surface area contributed by atoms with E-state index in [1.807, 2.05) is 0 Å². The Hall–Kier alpha value is -3.02. The molecule has 0 spiro atoms. The first-order chi connectivity index (χ1) is 18.8. The second kappa shape index (κ2) is 13.4. The van der Waals surface area contributed by atoms with Gasteiger partial charge in [0.25, 0.3) is 0 Å². The summed E-state index contributed by atoms with van der Waals surface area (Å²) in [5.41, 5.74) is 1.69. The van der Waals surface area contributed by atoms with E-state index in [9.17, 15) is 9.59 Å². The SMILES string of the molecule is C=CCn1c(COc2ccc(Cl)cc2Cl)nnc1SCC(=O)Nc1scc(-c2ccc(Cl)cc2)c1C(=O)OC. The number of benzene rings is 2. The molecule has 0 fully saturated rings. The highest BCUT2D eigenvalue weighted by molar-refractivity contribution is 7.99. The zero-order valence-corrected chi connectivity index (χ0v) is 24.4. The van der Waals surface area contributed by atoms with Crippen molar-refractivity contribution >= 4 is 74.8 Å². The Kier molecular flexibility index (Phi) is 9.93. The number of hydrogen-bond acceptors (Lipinski definition) is 8. The molecular formula is C26H21Cl3N4O4S2. The number of allylic oxidation sites excluding steroid dienone is 1. The summed E-state index contributed by atoms with van der Waals surface area (Å²) >= 11 is 20.5. The number of nitrogens with zero attached hydrogens (tertiary/aromatic N) is 3. The first-order valence-electron chi connectivity index (χ1n) is 11.3. The number of ether oxygens (including phenoxy) is 2. The van der Waals surface area contributed by atoms with Gasteiger partial charge in [-0.25, -0.2) is 4.79 Å². The summed E-state index contributed by atoms with van der Waals surface area (Å²) in [5.74, 6) is 0.128. The third-order valence-corrected chi connectivity index (χ3v) is 7.92.